The van der Waals surface area contributed by atoms with Crippen molar-refractivity contribution in [3.63, 3.8) is 0 Å². The number of alkyl halides is 4. The van der Waals surface area contributed by atoms with Gasteiger partial charge in [-0.3, -0.25) is 4.79 Å². The van der Waals surface area contributed by atoms with Gasteiger partial charge in [0.15, 0.2) is 0 Å². The van der Waals surface area contributed by atoms with Crippen molar-refractivity contribution < 1.29 is 32.2 Å². The van der Waals surface area contributed by atoms with E-state index in [1.165, 1.54) is 6.92 Å². The smallest absolute Gasteiger partial charge is 0.444 e. The second kappa shape index (κ2) is 6.42. The maximum atomic E-state index is 12.8. The third kappa shape index (κ3) is 3.72. The van der Waals surface area contributed by atoms with Gasteiger partial charge in [0.05, 0.1) is 13.0 Å². The van der Waals surface area contributed by atoms with Crippen molar-refractivity contribution in [2.24, 2.45) is 0 Å². The Morgan fingerprint density at radius 1 is 1.29 bits per heavy atom. The Bertz CT molecular complexity index is 253. The summed E-state index contributed by atoms with van der Waals surface area (Å²) in [4.78, 5) is 11.1. The van der Waals surface area contributed by atoms with Crippen molar-refractivity contribution in [1.82, 2.24) is 0 Å². The molecule has 0 saturated carbocycles. The molecule has 0 spiro atoms. The Labute approximate surface area is 102 Å². The normalized spacial score (nSPS) is 14.5. The Morgan fingerprint density at radius 3 is 2.06 bits per heavy atom. The van der Waals surface area contributed by atoms with Crippen LogP contribution in [-0.4, -0.2) is 44.1 Å². The lowest BCUT2D eigenvalue weighted by Crippen LogP contribution is -2.56. The molecule has 0 heterocycles. The lowest BCUT2D eigenvalue weighted by Gasteiger charge is -2.35. The van der Waals surface area contributed by atoms with Gasteiger partial charge in [0, 0.05) is 14.2 Å². The van der Waals surface area contributed by atoms with E-state index in [0.29, 0.717) is 0 Å². The lowest BCUT2D eigenvalue weighted by molar-refractivity contribution is -0.366. The largest absolute Gasteiger partial charge is 0.466 e. The number of halogens is 4. The third-order valence-electron chi connectivity index (χ3n) is 2.07. The molecule has 102 valence electrons. The maximum Gasteiger partial charge on any atom is 0.444 e. The maximum absolute atomic E-state index is 12.8. The third-order valence-corrected chi connectivity index (χ3v) is 2.51. The lowest BCUT2D eigenvalue weighted by atomic mass is 10.1. The second-order valence-electron chi connectivity index (χ2n) is 3.05. The molecular formula is C9H14ClF3O4. The van der Waals surface area contributed by atoms with Crippen LogP contribution in [0.5, 0.6) is 0 Å². The highest BCUT2D eigenvalue weighted by Gasteiger charge is 2.61. The topological polar surface area (TPSA) is 44.8 Å². The summed E-state index contributed by atoms with van der Waals surface area (Å²) in [6.07, 6.45) is -5.54. The van der Waals surface area contributed by atoms with Gasteiger partial charge in [0.1, 0.15) is 5.38 Å². The summed E-state index contributed by atoms with van der Waals surface area (Å²) in [5, 5.41) is -1.74. The summed E-state index contributed by atoms with van der Waals surface area (Å²) in [6, 6.07) is 0. The van der Waals surface area contributed by atoms with Crippen LogP contribution in [0, 0.1) is 0 Å². The zero-order valence-electron chi connectivity index (χ0n) is 9.64. The van der Waals surface area contributed by atoms with Gasteiger partial charge in [0.2, 0.25) is 0 Å². The second-order valence-corrected chi connectivity index (χ2v) is 3.58. The van der Waals surface area contributed by atoms with Crippen LogP contribution in [0.3, 0.4) is 0 Å². The molecule has 17 heavy (non-hydrogen) atoms. The number of carbonyl (C=O) groups excluding carboxylic acids is 1. The minimum Gasteiger partial charge on any atom is -0.466 e. The van der Waals surface area contributed by atoms with Crippen LogP contribution in [0.4, 0.5) is 13.2 Å². The molecule has 0 aromatic heterocycles. The predicted molar refractivity (Wildman–Crippen MR) is 53.7 cm³/mol. The molecule has 0 aliphatic heterocycles. The standard InChI is InChI=1S/C9H14ClF3O4/c1-4-17-7(14)5-6(10)8(15-2,16-3)9(11,12)13/h6H,4-5H2,1-3H3. The summed E-state index contributed by atoms with van der Waals surface area (Å²) in [5.74, 6) is -3.88. The number of esters is 1. The molecule has 0 saturated heterocycles. The quantitative estimate of drug-likeness (QED) is 0.424. The molecule has 1 atom stereocenters. The van der Waals surface area contributed by atoms with E-state index in [4.69, 9.17) is 11.6 Å². The molecule has 0 aliphatic rings. The Morgan fingerprint density at radius 2 is 1.76 bits per heavy atom. The van der Waals surface area contributed by atoms with Crippen LogP contribution >= 0.6 is 11.6 Å². The van der Waals surface area contributed by atoms with Crippen molar-refractivity contribution in [2.45, 2.75) is 30.7 Å². The number of ether oxygens (including phenoxy) is 3. The molecule has 0 N–H and O–H groups in total. The summed E-state index contributed by atoms with van der Waals surface area (Å²) in [6.45, 7) is 1.59. The Kier molecular flexibility index (Phi) is 6.22. The first-order chi connectivity index (χ1) is 7.75. The van der Waals surface area contributed by atoms with Gasteiger partial charge in [-0.2, -0.15) is 13.2 Å². The highest BCUT2D eigenvalue weighted by atomic mass is 35.5. The molecule has 0 radical (unpaired) electrons. The molecule has 0 rings (SSSR count). The van der Waals surface area contributed by atoms with Crippen LogP contribution in [0.15, 0.2) is 0 Å². The van der Waals surface area contributed by atoms with Gasteiger partial charge < -0.3 is 14.2 Å². The minimum atomic E-state index is -4.87. The average Bonchev–Trinajstić information content (AvgIpc) is 2.18. The van der Waals surface area contributed by atoms with Crippen molar-refractivity contribution in [3.8, 4) is 0 Å². The molecular weight excluding hydrogens is 265 g/mol. The van der Waals surface area contributed by atoms with Crippen LogP contribution < -0.4 is 0 Å². The van der Waals surface area contributed by atoms with Crippen molar-refractivity contribution >= 4 is 17.6 Å². The number of rotatable bonds is 6. The van der Waals surface area contributed by atoms with E-state index in [1.807, 2.05) is 0 Å². The predicted octanol–water partition coefficient (Wildman–Crippen LogP) is 2.10. The van der Waals surface area contributed by atoms with E-state index in [-0.39, 0.29) is 6.61 Å². The number of carbonyl (C=O) groups is 1. The molecule has 0 aromatic carbocycles. The number of methoxy groups -OCH3 is 2. The zero-order valence-corrected chi connectivity index (χ0v) is 10.4. The summed E-state index contributed by atoms with van der Waals surface area (Å²) >= 11 is 5.55. The van der Waals surface area contributed by atoms with E-state index in [1.54, 1.807) is 0 Å². The fourth-order valence-electron chi connectivity index (χ4n) is 1.25. The van der Waals surface area contributed by atoms with Crippen LogP contribution in [0.2, 0.25) is 0 Å². The van der Waals surface area contributed by atoms with Gasteiger partial charge in [-0.05, 0) is 6.92 Å². The average molecular weight is 279 g/mol. The summed E-state index contributed by atoms with van der Waals surface area (Å²) in [7, 11) is 1.61. The number of hydrogen-bond donors (Lipinski definition) is 0. The zero-order chi connectivity index (χ0) is 13.7. The van der Waals surface area contributed by atoms with Crippen LogP contribution in [-0.2, 0) is 19.0 Å². The first-order valence-electron chi connectivity index (χ1n) is 4.71. The molecule has 1 unspecified atom stereocenters. The fourth-order valence-corrected chi connectivity index (χ4v) is 1.68. The fraction of sp³-hybridized carbons (Fsp3) is 0.889. The highest BCUT2D eigenvalue weighted by molar-refractivity contribution is 6.22. The van der Waals surface area contributed by atoms with Crippen molar-refractivity contribution in [3.05, 3.63) is 0 Å². The van der Waals surface area contributed by atoms with Gasteiger partial charge in [-0.1, -0.05) is 0 Å². The Balaban J connectivity index is 4.89. The van der Waals surface area contributed by atoms with Crippen LogP contribution in [0.25, 0.3) is 0 Å². The molecule has 0 aromatic rings. The number of hydrogen-bond acceptors (Lipinski definition) is 4. The van der Waals surface area contributed by atoms with E-state index in [0.717, 1.165) is 14.2 Å². The molecule has 4 nitrogen and oxygen atoms in total. The van der Waals surface area contributed by atoms with Crippen molar-refractivity contribution in [2.75, 3.05) is 20.8 Å². The van der Waals surface area contributed by atoms with Crippen molar-refractivity contribution in [1.29, 1.82) is 0 Å². The van der Waals surface area contributed by atoms with E-state index >= 15 is 0 Å². The Hall–Kier alpha value is -0.530. The first-order valence-corrected chi connectivity index (χ1v) is 5.15. The van der Waals surface area contributed by atoms with Gasteiger partial charge >= 0.3 is 12.1 Å². The summed E-state index contributed by atoms with van der Waals surface area (Å²) < 4.78 is 51.4. The molecule has 0 amide bonds. The molecule has 0 bridgehead atoms. The van der Waals surface area contributed by atoms with E-state index < -0.39 is 29.7 Å². The SMILES string of the molecule is CCOC(=O)CC(Cl)C(OC)(OC)C(F)(F)F. The van der Waals surface area contributed by atoms with Gasteiger partial charge in [0.25, 0.3) is 5.79 Å². The van der Waals surface area contributed by atoms with Gasteiger partial charge in [-0.25, -0.2) is 0 Å². The van der Waals surface area contributed by atoms with Gasteiger partial charge in [-0.15, -0.1) is 11.6 Å². The molecule has 0 fully saturated rings. The molecule has 8 heteroatoms. The van der Waals surface area contributed by atoms with Crippen LogP contribution in [0.1, 0.15) is 13.3 Å². The monoisotopic (exact) mass is 278 g/mol. The van der Waals surface area contributed by atoms with E-state index in [9.17, 15) is 18.0 Å². The first kappa shape index (κ1) is 16.5. The highest BCUT2D eigenvalue weighted by Crippen LogP contribution is 2.40. The molecule has 0 aliphatic carbocycles. The summed E-state index contributed by atoms with van der Waals surface area (Å²) in [5.41, 5.74) is 0. The minimum absolute atomic E-state index is 0.0570. The van der Waals surface area contributed by atoms with E-state index in [2.05, 4.69) is 14.2 Å².